The van der Waals surface area contributed by atoms with Gasteiger partial charge in [0.2, 0.25) is 0 Å². The molecule has 3 N–H and O–H groups in total. The summed E-state index contributed by atoms with van der Waals surface area (Å²) in [5.74, 6) is -3.05. The molecule has 3 rings (SSSR count). The van der Waals surface area contributed by atoms with Crippen molar-refractivity contribution in [2.45, 2.75) is 91.4 Å². The number of rotatable bonds is 3. The maximum atomic E-state index is 14.0. The van der Waals surface area contributed by atoms with Crippen molar-refractivity contribution in [2.24, 2.45) is 29.1 Å². The number of halogens is 3. The molecule has 1 aromatic heterocycles. The predicted octanol–water partition coefficient (Wildman–Crippen LogP) is 4.85. The number of thiazole rings is 1. The first kappa shape index (κ1) is 31.4. The lowest BCUT2D eigenvalue weighted by Crippen LogP contribution is -2.46. The number of allylic oxidation sites excluding steroid dienone is 1. The van der Waals surface area contributed by atoms with E-state index in [9.17, 15) is 38.1 Å². The number of aromatic nitrogens is 1. The van der Waals surface area contributed by atoms with E-state index in [0.29, 0.717) is 22.7 Å². The number of aliphatic hydroxyl groups is 3. The molecule has 1 fully saturated rings. The summed E-state index contributed by atoms with van der Waals surface area (Å²) in [7, 11) is 0. The van der Waals surface area contributed by atoms with Gasteiger partial charge in [0.1, 0.15) is 16.9 Å². The smallest absolute Gasteiger partial charge is 0.412 e. The first-order chi connectivity index (χ1) is 18.1. The Morgan fingerprint density at radius 2 is 1.90 bits per heavy atom. The van der Waals surface area contributed by atoms with E-state index in [2.05, 4.69) is 4.98 Å². The summed E-state index contributed by atoms with van der Waals surface area (Å²) in [5, 5.41) is 33.2. The van der Waals surface area contributed by atoms with Crippen LogP contribution >= 0.6 is 11.3 Å². The van der Waals surface area contributed by atoms with Crippen LogP contribution in [0.1, 0.15) is 71.0 Å². The highest BCUT2D eigenvalue weighted by Gasteiger charge is 2.49. The Morgan fingerprint density at radius 1 is 1.23 bits per heavy atom. The first-order valence-electron chi connectivity index (χ1n) is 13.2. The van der Waals surface area contributed by atoms with Gasteiger partial charge in [-0.15, -0.1) is 11.3 Å². The van der Waals surface area contributed by atoms with Gasteiger partial charge in [-0.05, 0) is 49.2 Å². The van der Waals surface area contributed by atoms with Gasteiger partial charge in [0.25, 0.3) is 0 Å². The third-order valence-electron chi connectivity index (χ3n) is 8.23. The molecule has 0 amide bonds. The molecule has 0 aromatic carbocycles. The summed E-state index contributed by atoms with van der Waals surface area (Å²) < 4.78 is 47.5. The van der Waals surface area contributed by atoms with Gasteiger partial charge in [-0.25, -0.2) is 4.98 Å². The van der Waals surface area contributed by atoms with Gasteiger partial charge in [0, 0.05) is 23.3 Å². The predicted molar refractivity (Wildman–Crippen MR) is 140 cm³/mol. The van der Waals surface area contributed by atoms with Crippen LogP contribution in [-0.4, -0.2) is 56.5 Å². The Labute approximate surface area is 230 Å². The van der Waals surface area contributed by atoms with E-state index in [-0.39, 0.29) is 31.3 Å². The van der Waals surface area contributed by atoms with Crippen LogP contribution in [-0.2, 0) is 20.9 Å². The highest BCUT2D eigenvalue weighted by Crippen LogP contribution is 2.51. The number of alkyl halides is 3. The van der Waals surface area contributed by atoms with Crippen LogP contribution in [0.5, 0.6) is 0 Å². The second kappa shape index (κ2) is 12.2. The molecule has 1 aromatic rings. The molecule has 1 aliphatic heterocycles. The maximum absolute atomic E-state index is 14.0. The number of esters is 1. The van der Waals surface area contributed by atoms with E-state index in [4.69, 9.17) is 4.74 Å². The fourth-order valence-corrected chi connectivity index (χ4v) is 5.96. The van der Waals surface area contributed by atoms with Crippen molar-refractivity contribution >= 4 is 29.2 Å². The van der Waals surface area contributed by atoms with Crippen molar-refractivity contribution < 1.29 is 42.8 Å². The van der Waals surface area contributed by atoms with Crippen LogP contribution in [0.25, 0.3) is 6.08 Å². The van der Waals surface area contributed by atoms with Crippen molar-refractivity contribution in [3.8, 4) is 0 Å². The van der Waals surface area contributed by atoms with Gasteiger partial charge in [0.15, 0.2) is 0 Å². The molecule has 2 heterocycles. The number of hydrogen-bond acceptors (Lipinski definition) is 8. The number of carbonyl (C=O) groups excluding carboxylic acids is 2. The Bertz CT molecular complexity index is 1110. The summed E-state index contributed by atoms with van der Waals surface area (Å²) in [6.07, 6.45) is -6.04. The molecule has 7 nitrogen and oxygen atoms in total. The average molecular weight is 574 g/mol. The van der Waals surface area contributed by atoms with Crippen LogP contribution in [0.4, 0.5) is 13.2 Å². The van der Waals surface area contributed by atoms with Crippen molar-refractivity contribution in [2.75, 3.05) is 0 Å². The Balaban J connectivity index is 1.98. The quantitative estimate of drug-likeness (QED) is 0.350. The van der Waals surface area contributed by atoms with Crippen molar-refractivity contribution in [1.82, 2.24) is 4.98 Å². The molecule has 39 heavy (non-hydrogen) atoms. The van der Waals surface area contributed by atoms with Gasteiger partial charge in [-0.1, -0.05) is 33.8 Å². The van der Waals surface area contributed by atoms with Gasteiger partial charge in [0.05, 0.1) is 36.3 Å². The number of cyclic esters (lactones) is 1. The van der Waals surface area contributed by atoms with Crippen LogP contribution in [0.2, 0.25) is 0 Å². The van der Waals surface area contributed by atoms with Gasteiger partial charge in [-0.3, -0.25) is 9.59 Å². The molecule has 2 aliphatic rings. The summed E-state index contributed by atoms with van der Waals surface area (Å²) in [6, 6.07) is 0. The van der Waals surface area contributed by atoms with E-state index in [1.165, 1.54) is 25.2 Å². The molecule has 0 bridgehead atoms. The second-order valence-corrected chi connectivity index (χ2v) is 12.4. The zero-order chi connectivity index (χ0) is 29.3. The van der Waals surface area contributed by atoms with Crippen LogP contribution in [0.3, 0.4) is 0 Å². The highest BCUT2D eigenvalue weighted by molar-refractivity contribution is 7.09. The van der Waals surface area contributed by atoms with E-state index < -0.39 is 65.5 Å². The van der Waals surface area contributed by atoms with Crippen molar-refractivity contribution in [3.63, 3.8) is 0 Å². The third kappa shape index (κ3) is 7.56. The minimum atomic E-state index is -4.58. The monoisotopic (exact) mass is 573 g/mol. The molecule has 1 aliphatic carbocycles. The van der Waals surface area contributed by atoms with Gasteiger partial charge < -0.3 is 20.1 Å². The fourth-order valence-electron chi connectivity index (χ4n) is 5.35. The molecular weight excluding hydrogens is 535 g/mol. The van der Waals surface area contributed by atoms with Crippen LogP contribution < -0.4 is 0 Å². The van der Waals surface area contributed by atoms with E-state index in [1.807, 2.05) is 0 Å². The lowest BCUT2D eigenvalue weighted by Gasteiger charge is -2.34. The van der Waals surface area contributed by atoms with Gasteiger partial charge >= 0.3 is 12.1 Å². The number of nitrogens with zero attached hydrogens (tertiary/aromatic N) is 1. The lowest BCUT2D eigenvalue weighted by molar-refractivity contribution is -0.154. The molecule has 218 valence electrons. The minimum Gasteiger partial charge on any atom is -0.457 e. The Hall–Kier alpha value is -2.08. The molecule has 1 saturated carbocycles. The molecular formula is C28H38F3NO6S. The van der Waals surface area contributed by atoms with Crippen LogP contribution in [0.15, 0.2) is 22.6 Å². The topological polar surface area (TPSA) is 117 Å². The number of fused-ring (bicyclic) bond motifs is 1. The Morgan fingerprint density at radius 3 is 2.49 bits per heavy atom. The number of ether oxygens (including phenoxy) is 1. The summed E-state index contributed by atoms with van der Waals surface area (Å²) >= 11 is 1.22. The fraction of sp³-hybridized carbons (Fsp3) is 0.679. The number of carbonyl (C=O) groups is 2. The molecule has 0 spiro atoms. The van der Waals surface area contributed by atoms with E-state index >= 15 is 0 Å². The summed E-state index contributed by atoms with van der Waals surface area (Å²) in [6.45, 7) is 7.66. The largest absolute Gasteiger partial charge is 0.457 e. The minimum absolute atomic E-state index is 0.164. The molecule has 11 heteroatoms. The lowest BCUT2D eigenvalue weighted by atomic mass is 9.72. The second-order valence-electron chi connectivity index (χ2n) is 11.5. The highest BCUT2D eigenvalue weighted by atomic mass is 32.1. The van der Waals surface area contributed by atoms with E-state index in [1.54, 1.807) is 32.2 Å². The van der Waals surface area contributed by atoms with Crippen LogP contribution in [0, 0.1) is 29.1 Å². The normalized spacial score (nSPS) is 33.3. The zero-order valence-electron chi connectivity index (χ0n) is 22.9. The van der Waals surface area contributed by atoms with Gasteiger partial charge in [-0.2, -0.15) is 13.2 Å². The van der Waals surface area contributed by atoms with Crippen molar-refractivity contribution in [3.05, 3.63) is 33.3 Å². The molecule has 0 unspecified atom stereocenters. The molecule has 0 radical (unpaired) electrons. The maximum Gasteiger partial charge on any atom is 0.412 e. The summed E-state index contributed by atoms with van der Waals surface area (Å²) in [4.78, 5) is 30.4. The average Bonchev–Trinajstić information content (AvgIpc) is 3.49. The first-order valence-corrected chi connectivity index (χ1v) is 14.0. The van der Waals surface area contributed by atoms with Crippen molar-refractivity contribution in [1.29, 1.82) is 0 Å². The number of Topliss-reactive ketones (excluding diaryl/α,β-unsaturated/α-hetero) is 1. The summed E-state index contributed by atoms with van der Waals surface area (Å²) in [5.41, 5.74) is -1.18. The SMILES string of the molecule is CC(=Cc1csc(CO)n1)[C@@H]1CC=C(C(F)(F)F)C[C@@H]2C[C@H]2[C@H](C)[C@H](O)[C@@H](C)C(=O)C(C)(C)[C@@H](O)CC(=O)O1. The number of hydrogen-bond donors (Lipinski definition) is 3. The van der Waals surface area contributed by atoms with E-state index in [0.717, 1.165) is 6.08 Å². The zero-order valence-corrected chi connectivity index (χ0v) is 23.7. The number of ketones is 1. The molecule has 0 saturated heterocycles. The Kier molecular flexibility index (Phi) is 9.84. The number of aliphatic hydroxyl groups excluding tert-OH is 3. The molecule has 7 atom stereocenters. The third-order valence-corrected chi connectivity index (χ3v) is 9.08. The standard InChI is InChI=1S/C28H38F3NO6S/c1-14(8-19-13-39-23(12-33)32-19)21-7-6-18(28(29,30)31)9-17-10-20(17)15(2)25(36)16(3)26(37)27(4,5)22(34)11-24(35)38-21/h6,8,13,15-17,20-22,25,33-34,36H,7,9-12H2,1-5H3/t15-,16+,17+,20-,21-,22-,25-/m0/s1.